The Hall–Kier alpha value is -2.33. The van der Waals surface area contributed by atoms with Crippen LogP contribution in [-0.2, 0) is 16.4 Å². The van der Waals surface area contributed by atoms with Crippen molar-refractivity contribution in [1.82, 2.24) is 9.88 Å². The molecule has 2 aliphatic rings. The zero-order valence-electron chi connectivity index (χ0n) is 16.4. The standard InChI is InChI=1S/C20H22F3N3O3S/c1-2-29-18-11-24-10-7-15(18)12-26-14-25(13-19(26)8-9-19)16-3-5-17(6-4-16)30(27,28)20(21,22)23/h3-7,10-11H,2,8-9,12-14H2,1H3. The molecule has 30 heavy (non-hydrogen) atoms. The summed E-state index contributed by atoms with van der Waals surface area (Å²) in [4.78, 5) is 7.78. The third-order valence-corrected chi connectivity index (χ3v) is 7.17. The van der Waals surface area contributed by atoms with Gasteiger partial charge in [-0.25, -0.2) is 8.42 Å². The van der Waals surface area contributed by atoms with Crippen molar-refractivity contribution in [2.45, 2.75) is 42.3 Å². The summed E-state index contributed by atoms with van der Waals surface area (Å²) < 4.78 is 67.1. The van der Waals surface area contributed by atoms with Crippen LogP contribution in [-0.4, -0.2) is 49.2 Å². The van der Waals surface area contributed by atoms with Crippen LogP contribution >= 0.6 is 0 Å². The van der Waals surface area contributed by atoms with E-state index < -0.39 is 20.2 Å². The van der Waals surface area contributed by atoms with Crippen LogP contribution in [0.4, 0.5) is 18.9 Å². The van der Waals surface area contributed by atoms with Crippen molar-refractivity contribution in [3.63, 3.8) is 0 Å². The molecule has 0 amide bonds. The lowest BCUT2D eigenvalue weighted by Crippen LogP contribution is -2.32. The number of ether oxygens (including phenoxy) is 1. The van der Waals surface area contributed by atoms with Crippen molar-refractivity contribution in [3.05, 3.63) is 48.3 Å². The van der Waals surface area contributed by atoms with Crippen LogP contribution in [0.25, 0.3) is 0 Å². The third kappa shape index (κ3) is 3.74. The highest BCUT2D eigenvalue weighted by Crippen LogP contribution is 2.48. The molecule has 4 rings (SSSR count). The van der Waals surface area contributed by atoms with Gasteiger partial charge >= 0.3 is 5.51 Å². The van der Waals surface area contributed by atoms with Crippen LogP contribution in [0.2, 0.25) is 0 Å². The second-order valence-corrected chi connectivity index (χ2v) is 9.56. The van der Waals surface area contributed by atoms with Crippen molar-refractivity contribution in [1.29, 1.82) is 0 Å². The maximum Gasteiger partial charge on any atom is 0.501 e. The summed E-state index contributed by atoms with van der Waals surface area (Å²) in [5, 5.41) is 0. The second kappa shape index (κ2) is 7.42. The van der Waals surface area contributed by atoms with Gasteiger partial charge < -0.3 is 9.64 Å². The van der Waals surface area contributed by atoms with E-state index in [2.05, 4.69) is 14.8 Å². The van der Waals surface area contributed by atoms with E-state index in [9.17, 15) is 21.6 Å². The van der Waals surface area contributed by atoms with E-state index in [1.54, 1.807) is 12.4 Å². The molecule has 1 spiro atoms. The summed E-state index contributed by atoms with van der Waals surface area (Å²) in [5.74, 6) is 0.746. The first kappa shape index (κ1) is 20.9. The highest BCUT2D eigenvalue weighted by Gasteiger charge is 2.53. The van der Waals surface area contributed by atoms with E-state index in [1.807, 2.05) is 13.0 Å². The van der Waals surface area contributed by atoms with Crippen LogP contribution < -0.4 is 9.64 Å². The Kier molecular flexibility index (Phi) is 5.17. The lowest BCUT2D eigenvalue weighted by molar-refractivity contribution is -0.0436. The van der Waals surface area contributed by atoms with E-state index in [0.717, 1.165) is 42.8 Å². The van der Waals surface area contributed by atoms with Crippen LogP contribution in [0.5, 0.6) is 5.75 Å². The fraction of sp³-hybridized carbons (Fsp3) is 0.450. The number of rotatable bonds is 6. The predicted octanol–water partition coefficient (Wildman–Crippen LogP) is 3.59. The van der Waals surface area contributed by atoms with E-state index in [0.29, 0.717) is 25.5 Å². The zero-order chi connectivity index (χ0) is 21.6. The highest BCUT2D eigenvalue weighted by molar-refractivity contribution is 7.92. The monoisotopic (exact) mass is 441 g/mol. The molecule has 0 radical (unpaired) electrons. The molecular weight excluding hydrogens is 419 g/mol. The molecule has 10 heteroatoms. The molecule has 2 fully saturated rings. The maximum absolute atomic E-state index is 12.8. The summed E-state index contributed by atoms with van der Waals surface area (Å²) in [7, 11) is -5.34. The molecule has 1 aromatic heterocycles. The highest BCUT2D eigenvalue weighted by atomic mass is 32.2. The van der Waals surface area contributed by atoms with Gasteiger partial charge in [0.2, 0.25) is 0 Å². The van der Waals surface area contributed by atoms with E-state index in [4.69, 9.17) is 4.74 Å². The topological polar surface area (TPSA) is 62.7 Å². The number of hydrogen-bond acceptors (Lipinski definition) is 6. The van der Waals surface area contributed by atoms with Gasteiger partial charge in [-0.3, -0.25) is 9.88 Å². The first-order valence-corrected chi connectivity index (χ1v) is 11.1. The molecule has 162 valence electrons. The Balaban J connectivity index is 1.52. The second-order valence-electron chi connectivity index (χ2n) is 7.62. The minimum Gasteiger partial charge on any atom is -0.492 e. The SMILES string of the molecule is CCOc1cnccc1CN1CN(c2ccc(S(=O)(=O)C(F)(F)F)cc2)CC12CC2. The Morgan fingerprint density at radius 1 is 1.17 bits per heavy atom. The minimum atomic E-state index is -5.34. The molecular formula is C20H22F3N3O3S. The number of nitrogens with zero attached hydrogens (tertiary/aromatic N) is 3. The van der Waals surface area contributed by atoms with Crippen LogP contribution in [0.1, 0.15) is 25.3 Å². The molecule has 0 unspecified atom stereocenters. The van der Waals surface area contributed by atoms with Crippen LogP contribution in [0.15, 0.2) is 47.6 Å². The number of alkyl halides is 3. The lowest BCUT2D eigenvalue weighted by atomic mass is 10.2. The molecule has 0 atom stereocenters. The fourth-order valence-corrected chi connectivity index (χ4v) is 4.63. The Bertz CT molecular complexity index is 1020. The number of sulfone groups is 1. The summed E-state index contributed by atoms with van der Waals surface area (Å²) in [5.41, 5.74) is -3.54. The average Bonchev–Trinajstić information content (AvgIpc) is 3.39. The van der Waals surface area contributed by atoms with Gasteiger partial charge in [-0.2, -0.15) is 13.2 Å². The number of pyridine rings is 1. The normalized spacial score (nSPS) is 18.7. The fourth-order valence-electron chi connectivity index (χ4n) is 3.87. The Morgan fingerprint density at radius 2 is 1.87 bits per heavy atom. The van der Waals surface area contributed by atoms with Gasteiger partial charge in [0.05, 0.1) is 24.4 Å². The summed E-state index contributed by atoms with van der Waals surface area (Å²) in [6.45, 7) is 4.48. The molecule has 6 nitrogen and oxygen atoms in total. The van der Waals surface area contributed by atoms with E-state index in [-0.39, 0.29) is 5.54 Å². The first-order chi connectivity index (χ1) is 14.2. The molecule has 1 saturated carbocycles. The smallest absolute Gasteiger partial charge is 0.492 e. The van der Waals surface area contributed by atoms with Gasteiger partial charge in [0.1, 0.15) is 5.75 Å². The van der Waals surface area contributed by atoms with Gasteiger partial charge in [0.25, 0.3) is 9.84 Å². The molecule has 2 heterocycles. The van der Waals surface area contributed by atoms with Gasteiger partial charge in [-0.15, -0.1) is 0 Å². The molecule has 0 N–H and O–H groups in total. The first-order valence-electron chi connectivity index (χ1n) is 9.63. The average molecular weight is 441 g/mol. The van der Waals surface area contributed by atoms with Gasteiger partial charge in [-0.05, 0) is 50.1 Å². The molecule has 1 saturated heterocycles. The van der Waals surface area contributed by atoms with Crippen molar-refractivity contribution in [2.24, 2.45) is 0 Å². The molecule has 1 aliphatic carbocycles. The van der Waals surface area contributed by atoms with Gasteiger partial charge in [0.15, 0.2) is 0 Å². The Morgan fingerprint density at radius 3 is 2.47 bits per heavy atom. The maximum atomic E-state index is 12.8. The Labute approximate surface area is 173 Å². The number of anilines is 1. The van der Waals surface area contributed by atoms with Crippen LogP contribution in [0.3, 0.4) is 0 Å². The number of aromatic nitrogens is 1. The largest absolute Gasteiger partial charge is 0.501 e. The van der Waals surface area contributed by atoms with E-state index >= 15 is 0 Å². The minimum absolute atomic E-state index is 0.0312. The van der Waals surface area contributed by atoms with Crippen molar-refractivity contribution in [2.75, 3.05) is 24.7 Å². The quantitative estimate of drug-likeness (QED) is 0.683. The summed E-state index contributed by atoms with van der Waals surface area (Å²) >= 11 is 0. The zero-order valence-corrected chi connectivity index (χ0v) is 17.2. The molecule has 1 aromatic carbocycles. The van der Waals surface area contributed by atoms with Crippen molar-refractivity contribution < 1.29 is 26.3 Å². The molecule has 1 aliphatic heterocycles. The summed E-state index contributed by atoms with van der Waals surface area (Å²) in [6, 6.07) is 6.86. The number of benzene rings is 1. The van der Waals surface area contributed by atoms with Crippen molar-refractivity contribution >= 4 is 15.5 Å². The number of halogens is 3. The lowest BCUT2D eigenvalue weighted by Gasteiger charge is -2.23. The van der Waals surface area contributed by atoms with Crippen molar-refractivity contribution in [3.8, 4) is 5.75 Å². The van der Waals surface area contributed by atoms with Gasteiger partial charge in [-0.1, -0.05) is 0 Å². The van der Waals surface area contributed by atoms with Crippen LogP contribution in [0, 0.1) is 0 Å². The summed E-state index contributed by atoms with van der Waals surface area (Å²) in [6.07, 6.45) is 5.51. The molecule has 2 aromatic rings. The van der Waals surface area contributed by atoms with Gasteiger partial charge in [0, 0.05) is 36.1 Å². The molecule has 0 bridgehead atoms. The van der Waals surface area contributed by atoms with E-state index in [1.165, 1.54) is 12.1 Å². The third-order valence-electron chi connectivity index (χ3n) is 5.67. The number of hydrogen-bond donors (Lipinski definition) is 0. The predicted molar refractivity (Wildman–Crippen MR) is 105 cm³/mol.